The van der Waals surface area contributed by atoms with Gasteiger partial charge in [-0.15, -0.1) is 0 Å². The van der Waals surface area contributed by atoms with Crippen molar-refractivity contribution in [1.82, 2.24) is 0 Å². The molecule has 0 radical (unpaired) electrons. The summed E-state index contributed by atoms with van der Waals surface area (Å²) in [5, 5.41) is 7.72. The Hall–Kier alpha value is 2.47. The van der Waals surface area contributed by atoms with Crippen LogP contribution in [0.1, 0.15) is 13.3 Å². The van der Waals surface area contributed by atoms with Gasteiger partial charge in [-0.3, -0.25) is 4.79 Å². The van der Waals surface area contributed by atoms with Gasteiger partial charge in [0.2, 0.25) is 0 Å². The minimum absolute atomic E-state index is 0. The van der Waals surface area contributed by atoms with Gasteiger partial charge < -0.3 is 5.11 Å². The Morgan fingerprint density at radius 3 is 1.50 bits per heavy atom. The number of carbonyl (C=O) groups is 1. The first kappa shape index (κ1) is 22.4. The van der Waals surface area contributed by atoms with Crippen LogP contribution in [0.2, 0.25) is 0 Å². The van der Waals surface area contributed by atoms with Crippen LogP contribution in [-0.2, 0) is 4.79 Å². The number of hydrogen-bond donors (Lipinski definition) is 1. The van der Waals surface area contributed by atoms with Crippen LogP contribution in [0.25, 0.3) is 0 Å². The van der Waals surface area contributed by atoms with E-state index in [0.29, 0.717) is 0 Å². The monoisotopic (exact) mass is 146 g/mol. The third-order valence-electron chi connectivity index (χ3n) is 0.302. The summed E-state index contributed by atoms with van der Waals surface area (Å²) in [6.45, 7) is 1.60. The van der Waals surface area contributed by atoms with Gasteiger partial charge >= 0.3 is 94.6 Å². The van der Waals surface area contributed by atoms with Gasteiger partial charge in [-0.25, -0.2) is 0 Å². The Kier molecular flexibility index (Phi) is 45.5. The van der Waals surface area contributed by atoms with Crippen molar-refractivity contribution in [2.24, 2.45) is 0 Å². The van der Waals surface area contributed by atoms with Gasteiger partial charge in [-0.2, -0.15) is 0 Å². The normalized spacial score (nSPS) is 4.62. The molecule has 36 valence electrons. The van der Waals surface area contributed by atoms with Crippen molar-refractivity contribution < 1.29 is 9.90 Å². The summed E-state index contributed by atoms with van der Waals surface area (Å²) >= 11 is 0. The molecular formula is C3H9Na3O2. The van der Waals surface area contributed by atoms with Crippen LogP contribution in [0.4, 0.5) is 0 Å². The molecule has 0 amide bonds. The molecule has 0 bridgehead atoms. The average Bonchev–Trinajstić information content (AvgIpc) is 1.38. The molecule has 0 fully saturated rings. The summed E-state index contributed by atoms with van der Waals surface area (Å²) in [5.41, 5.74) is 0. The molecule has 0 aliphatic heterocycles. The third kappa shape index (κ3) is 23.7. The number of rotatable bonds is 1. The molecule has 0 aromatic rings. The zero-order valence-electron chi connectivity index (χ0n) is 3.06. The van der Waals surface area contributed by atoms with Gasteiger partial charge in [0.1, 0.15) is 0 Å². The van der Waals surface area contributed by atoms with E-state index in [1.807, 2.05) is 0 Å². The van der Waals surface area contributed by atoms with Crippen molar-refractivity contribution in [2.75, 3.05) is 0 Å². The van der Waals surface area contributed by atoms with Crippen molar-refractivity contribution in [3.05, 3.63) is 0 Å². The fourth-order valence-corrected chi connectivity index (χ4v) is 0. The van der Waals surface area contributed by atoms with E-state index < -0.39 is 5.97 Å². The maximum atomic E-state index is 9.37. The maximum absolute atomic E-state index is 9.37. The molecule has 0 aliphatic rings. The molecule has 0 aliphatic carbocycles. The average molecular weight is 146 g/mol. The number of carboxylic acid groups (broad SMARTS) is 1. The van der Waals surface area contributed by atoms with Crippen LogP contribution in [0.15, 0.2) is 0 Å². The fraction of sp³-hybridized carbons (Fsp3) is 0.667. The van der Waals surface area contributed by atoms with E-state index >= 15 is 0 Å². The van der Waals surface area contributed by atoms with E-state index in [4.69, 9.17) is 5.11 Å². The van der Waals surface area contributed by atoms with E-state index in [9.17, 15) is 4.79 Å². The summed E-state index contributed by atoms with van der Waals surface area (Å²) in [4.78, 5) is 9.37. The van der Waals surface area contributed by atoms with Gasteiger partial charge in [-0.05, 0) is 0 Å². The number of carboxylic acids is 1. The second-order valence-corrected chi connectivity index (χ2v) is 0.747. The molecule has 0 saturated heterocycles. The second-order valence-electron chi connectivity index (χ2n) is 0.747. The minimum atomic E-state index is -0.745. The first-order valence-corrected chi connectivity index (χ1v) is 1.49. The molecule has 1 N–H and O–H groups in total. The van der Waals surface area contributed by atoms with Crippen LogP contribution < -0.4 is 0 Å². The van der Waals surface area contributed by atoms with E-state index in [-0.39, 0.29) is 95.1 Å². The summed E-state index contributed by atoms with van der Waals surface area (Å²) < 4.78 is 0. The van der Waals surface area contributed by atoms with E-state index in [1.54, 1.807) is 6.92 Å². The van der Waals surface area contributed by atoms with E-state index in [0.717, 1.165) is 0 Å². The Bertz CT molecular complexity index is 47.8. The van der Waals surface area contributed by atoms with Crippen molar-refractivity contribution in [3.8, 4) is 0 Å². The molecule has 0 spiro atoms. The first-order chi connectivity index (χ1) is 2.27. The second kappa shape index (κ2) is 16.2. The van der Waals surface area contributed by atoms with Crippen molar-refractivity contribution in [2.45, 2.75) is 13.3 Å². The van der Waals surface area contributed by atoms with Crippen LogP contribution in [0.3, 0.4) is 0 Å². The molecule has 0 aromatic heterocycles. The van der Waals surface area contributed by atoms with Crippen LogP contribution in [-0.4, -0.2) is 99.7 Å². The molecule has 0 saturated carbocycles. The summed E-state index contributed by atoms with van der Waals surface area (Å²) in [5.74, 6) is -0.745. The Balaban J connectivity index is -0.0000000267. The Morgan fingerprint density at radius 1 is 1.38 bits per heavy atom. The molecule has 5 heteroatoms. The molecule has 0 heterocycles. The standard InChI is InChI=1S/C3H6O2.3Na.3H/c1-2-3(4)5;;;;;;/h2H2,1H3,(H,4,5);;;;;;. The predicted octanol–water partition coefficient (Wildman–Crippen LogP) is -1.46. The fourth-order valence-electron chi connectivity index (χ4n) is 0. The zero-order valence-corrected chi connectivity index (χ0v) is 3.06. The molecule has 0 atom stereocenters. The van der Waals surface area contributed by atoms with Gasteiger partial charge in [0.15, 0.2) is 0 Å². The first-order valence-electron chi connectivity index (χ1n) is 1.49. The zero-order chi connectivity index (χ0) is 4.28. The molecule has 0 aromatic carbocycles. The third-order valence-corrected chi connectivity index (χ3v) is 0.302. The van der Waals surface area contributed by atoms with Crippen molar-refractivity contribution in [1.29, 1.82) is 0 Å². The molecular weight excluding hydrogens is 137 g/mol. The van der Waals surface area contributed by atoms with Crippen molar-refractivity contribution in [3.63, 3.8) is 0 Å². The summed E-state index contributed by atoms with van der Waals surface area (Å²) in [6, 6.07) is 0. The Morgan fingerprint density at radius 2 is 1.50 bits per heavy atom. The van der Waals surface area contributed by atoms with Gasteiger partial charge in [0.05, 0.1) is 0 Å². The summed E-state index contributed by atoms with van der Waals surface area (Å²) in [7, 11) is 0. The summed E-state index contributed by atoms with van der Waals surface area (Å²) in [6.07, 6.45) is 0.222. The van der Waals surface area contributed by atoms with Crippen molar-refractivity contribution >= 4 is 94.6 Å². The molecule has 0 rings (SSSR count). The number of aliphatic carboxylic acids is 1. The van der Waals surface area contributed by atoms with Crippen LogP contribution in [0, 0.1) is 0 Å². The van der Waals surface area contributed by atoms with Crippen LogP contribution in [0.5, 0.6) is 0 Å². The molecule has 8 heavy (non-hydrogen) atoms. The van der Waals surface area contributed by atoms with Gasteiger partial charge in [0.25, 0.3) is 0 Å². The topological polar surface area (TPSA) is 37.3 Å². The number of hydrogen-bond acceptors (Lipinski definition) is 1. The molecule has 0 unspecified atom stereocenters. The van der Waals surface area contributed by atoms with Gasteiger partial charge in [-0.1, -0.05) is 6.92 Å². The quantitative estimate of drug-likeness (QED) is 0.459. The SMILES string of the molecule is CCC(=O)O.[NaH].[NaH].[NaH]. The Labute approximate surface area is 116 Å². The van der Waals surface area contributed by atoms with E-state index in [2.05, 4.69) is 0 Å². The van der Waals surface area contributed by atoms with Crippen LogP contribution >= 0.6 is 0 Å². The predicted molar refractivity (Wildman–Crippen MR) is 39.4 cm³/mol. The molecule has 2 nitrogen and oxygen atoms in total. The van der Waals surface area contributed by atoms with Gasteiger partial charge in [0, 0.05) is 6.42 Å². The van der Waals surface area contributed by atoms with E-state index in [1.165, 1.54) is 0 Å².